The van der Waals surface area contributed by atoms with Crippen molar-refractivity contribution in [3.63, 3.8) is 0 Å². The summed E-state index contributed by atoms with van der Waals surface area (Å²) >= 11 is 0. The predicted molar refractivity (Wildman–Crippen MR) is 81.3 cm³/mol. The molecule has 0 saturated carbocycles. The van der Waals surface area contributed by atoms with Crippen molar-refractivity contribution >= 4 is 17.3 Å². The van der Waals surface area contributed by atoms with E-state index in [-0.39, 0.29) is 5.91 Å². The third kappa shape index (κ3) is 2.74. The van der Waals surface area contributed by atoms with E-state index in [4.69, 9.17) is 10.5 Å². The molecule has 2 aromatic carbocycles. The smallest absolute Gasteiger partial charge is 0.255 e. The average molecular weight is 270 g/mol. The molecule has 20 heavy (non-hydrogen) atoms. The van der Waals surface area contributed by atoms with Gasteiger partial charge in [-0.25, -0.2) is 0 Å². The van der Waals surface area contributed by atoms with Crippen molar-refractivity contribution in [1.29, 1.82) is 0 Å². The van der Waals surface area contributed by atoms with Crippen LogP contribution >= 0.6 is 0 Å². The number of methoxy groups -OCH3 is 1. The zero-order valence-corrected chi connectivity index (χ0v) is 11.9. The largest absolute Gasteiger partial charge is 0.496 e. The summed E-state index contributed by atoms with van der Waals surface area (Å²) in [4.78, 5) is 12.3. The first-order valence-corrected chi connectivity index (χ1v) is 6.34. The Morgan fingerprint density at radius 3 is 2.55 bits per heavy atom. The predicted octanol–water partition coefficient (Wildman–Crippen LogP) is 3.15. The molecule has 0 radical (unpaired) electrons. The van der Waals surface area contributed by atoms with E-state index in [2.05, 4.69) is 5.32 Å². The number of anilines is 2. The number of nitrogens with two attached hydrogens (primary N) is 1. The van der Waals surface area contributed by atoms with Crippen LogP contribution in [-0.4, -0.2) is 13.0 Å². The molecule has 1 amide bonds. The van der Waals surface area contributed by atoms with Gasteiger partial charge in [0, 0.05) is 5.56 Å². The highest BCUT2D eigenvalue weighted by Crippen LogP contribution is 2.24. The van der Waals surface area contributed by atoms with Crippen LogP contribution in [0.5, 0.6) is 5.75 Å². The fraction of sp³-hybridized carbons (Fsp3) is 0.188. The number of para-hydroxylation sites is 1. The molecule has 0 saturated heterocycles. The first-order valence-electron chi connectivity index (χ1n) is 6.34. The quantitative estimate of drug-likeness (QED) is 0.842. The van der Waals surface area contributed by atoms with Crippen molar-refractivity contribution in [2.75, 3.05) is 18.2 Å². The molecule has 0 heterocycles. The van der Waals surface area contributed by atoms with Crippen molar-refractivity contribution in [2.45, 2.75) is 13.8 Å². The number of hydrogen-bond acceptors (Lipinski definition) is 3. The molecule has 2 rings (SSSR count). The van der Waals surface area contributed by atoms with E-state index >= 15 is 0 Å². The number of benzene rings is 2. The standard InChI is InChI=1S/C16H18N2O2/c1-10-7-8-12(9-14(10)20-3)16(19)18-15-11(2)5-4-6-13(15)17/h4-9H,17H2,1-3H3,(H,18,19). The Morgan fingerprint density at radius 1 is 1.15 bits per heavy atom. The molecule has 0 aliphatic heterocycles. The second-order valence-electron chi connectivity index (χ2n) is 4.68. The lowest BCUT2D eigenvalue weighted by Gasteiger charge is -2.12. The Morgan fingerprint density at radius 2 is 1.90 bits per heavy atom. The molecule has 0 aliphatic rings. The molecular formula is C16H18N2O2. The van der Waals surface area contributed by atoms with E-state index in [0.717, 1.165) is 11.1 Å². The Balaban J connectivity index is 2.29. The van der Waals surface area contributed by atoms with Gasteiger partial charge in [0.05, 0.1) is 18.5 Å². The highest BCUT2D eigenvalue weighted by molar-refractivity contribution is 6.06. The Bertz CT molecular complexity index is 631. The summed E-state index contributed by atoms with van der Waals surface area (Å²) in [5.74, 6) is 0.486. The number of nitrogen functional groups attached to an aromatic ring is 1. The molecule has 0 aromatic heterocycles. The molecule has 4 nitrogen and oxygen atoms in total. The van der Waals surface area contributed by atoms with Crippen LogP contribution in [0, 0.1) is 13.8 Å². The topological polar surface area (TPSA) is 64.3 Å². The van der Waals surface area contributed by atoms with Crippen LogP contribution in [0.4, 0.5) is 11.4 Å². The lowest BCUT2D eigenvalue weighted by molar-refractivity contribution is 0.102. The SMILES string of the molecule is COc1cc(C(=O)Nc2c(C)cccc2N)ccc1C. The minimum Gasteiger partial charge on any atom is -0.496 e. The molecule has 0 aliphatic carbocycles. The van der Waals surface area contributed by atoms with E-state index in [1.165, 1.54) is 0 Å². The van der Waals surface area contributed by atoms with Crippen molar-refractivity contribution in [2.24, 2.45) is 0 Å². The number of carbonyl (C=O) groups excluding carboxylic acids is 1. The minimum absolute atomic E-state index is 0.204. The molecule has 0 spiro atoms. The Labute approximate surface area is 118 Å². The summed E-state index contributed by atoms with van der Waals surface area (Å²) < 4.78 is 5.23. The van der Waals surface area contributed by atoms with Crippen LogP contribution in [0.15, 0.2) is 36.4 Å². The molecule has 4 heteroatoms. The lowest BCUT2D eigenvalue weighted by atomic mass is 10.1. The van der Waals surface area contributed by atoms with Gasteiger partial charge in [-0.3, -0.25) is 4.79 Å². The summed E-state index contributed by atoms with van der Waals surface area (Å²) in [6.07, 6.45) is 0. The lowest BCUT2D eigenvalue weighted by Crippen LogP contribution is -2.14. The second-order valence-corrected chi connectivity index (χ2v) is 4.68. The van der Waals surface area contributed by atoms with E-state index in [1.807, 2.05) is 32.0 Å². The van der Waals surface area contributed by atoms with Crippen LogP contribution in [0.25, 0.3) is 0 Å². The zero-order chi connectivity index (χ0) is 14.7. The number of rotatable bonds is 3. The van der Waals surface area contributed by atoms with Crippen LogP contribution in [-0.2, 0) is 0 Å². The molecule has 3 N–H and O–H groups in total. The van der Waals surface area contributed by atoms with Crippen molar-refractivity contribution in [3.8, 4) is 5.75 Å². The molecule has 2 aromatic rings. The third-order valence-electron chi connectivity index (χ3n) is 3.21. The second kappa shape index (κ2) is 5.65. The molecule has 0 fully saturated rings. The number of amides is 1. The van der Waals surface area contributed by atoms with Gasteiger partial charge in [0.25, 0.3) is 5.91 Å². The summed E-state index contributed by atoms with van der Waals surface area (Å²) in [7, 11) is 1.59. The summed E-state index contributed by atoms with van der Waals surface area (Å²) in [6, 6.07) is 10.9. The molecule has 0 bridgehead atoms. The van der Waals surface area contributed by atoms with E-state index in [9.17, 15) is 4.79 Å². The Kier molecular flexibility index (Phi) is 3.94. The van der Waals surface area contributed by atoms with E-state index < -0.39 is 0 Å². The van der Waals surface area contributed by atoms with Gasteiger partial charge in [0.15, 0.2) is 0 Å². The van der Waals surface area contributed by atoms with Crippen LogP contribution in [0.1, 0.15) is 21.5 Å². The van der Waals surface area contributed by atoms with Gasteiger partial charge in [0.1, 0.15) is 5.75 Å². The summed E-state index contributed by atoms with van der Waals surface area (Å²) in [5, 5.41) is 2.85. The van der Waals surface area contributed by atoms with Gasteiger partial charge in [-0.2, -0.15) is 0 Å². The number of hydrogen-bond donors (Lipinski definition) is 2. The fourth-order valence-corrected chi connectivity index (χ4v) is 2.01. The Hall–Kier alpha value is -2.49. The van der Waals surface area contributed by atoms with Gasteiger partial charge in [0.2, 0.25) is 0 Å². The van der Waals surface area contributed by atoms with Crippen molar-refractivity contribution < 1.29 is 9.53 Å². The molecule has 104 valence electrons. The summed E-state index contributed by atoms with van der Waals surface area (Å²) in [6.45, 7) is 3.83. The van der Waals surface area contributed by atoms with Crippen molar-refractivity contribution in [3.05, 3.63) is 53.1 Å². The number of nitrogens with one attached hydrogen (secondary N) is 1. The van der Waals surface area contributed by atoms with Crippen molar-refractivity contribution in [1.82, 2.24) is 0 Å². The molecule has 0 atom stereocenters. The van der Waals surface area contributed by atoms with Crippen LogP contribution in [0.3, 0.4) is 0 Å². The van der Waals surface area contributed by atoms with Gasteiger partial charge < -0.3 is 15.8 Å². The van der Waals surface area contributed by atoms with E-state index in [0.29, 0.717) is 22.7 Å². The highest BCUT2D eigenvalue weighted by atomic mass is 16.5. The first kappa shape index (κ1) is 13.9. The zero-order valence-electron chi connectivity index (χ0n) is 11.9. The summed E-state index contributed by atoms with van der Waals surface area (Å²) in [5.41, 5.74) is 9.54. The maximum absolute atomic E-state index is 12.3. The van der Waals surface area contributed by atoms with Crippen LogP contribution in [0.2, 0.25) is 0 Å². The number of carbonyl (C=O) groups is 1. The minimum atomic E-state index is -0.204. The first-order chi connectivity index (χ1) is 9.52. The van der Waals surface area contributed by atoms with Gasteiger partial charge >= 0.3 is 0 Å². The normalized spacial score (nSPS) is 10.2. The van der Waals surface area contributed by atoms with Gasteiger partial charge in [-0.05, 0) is 43.2 Å². The third-order valence-corrected chi connectivity index (χ3v) is 3.21. The highest BCUT2D eigenvalue weighted by Gasteiger charge is 2.11. The maximum Gasteiger partial charge on any atom is 0.255 e. The van der Waals surface area contributed by atoms with Crippen LogP contribution < -0.4 is 15.8 Å². The monoisotopic (exact) mass is 270 g/mol. The number of ether oxygens (including phenoxy) is 1. The van der Waals surface area contributed by atoms with Gasteiger partial charge in [-0.1, -0.05) is 18.2 Å². The average Bonchev–Trinajstić information content (AvgIpc) is 2.43. The molecule has 0 unspecified atom stereocenters. The molecular weight excluding hydrogens is 252 g/mol. The maximum atomic E-state index is 12.3. The van der Waals surface area contributed by atoms with Gasteiger partial charge in [-0.15, -0.1) is 0 Å². The fourth-order valence-electron chi connectivity index (χ4n) is 2.01. The number of aryl methyl sites for hydroxylation is 2. The van der Waals surface area contributed by atoms with E-state index in [1.54, 1.807) is 25.3 Å².